The number of hydrogen-bond donors (Lipinski definition) is 2. The van der Waals surface area contributed by atoms with E-state index in [1.54, 1.807) is 35.6 Å². The number of carbonyl (C=O) groups excluding carboxylic acids is 2. The van der Waals surface area contributed by atoms with Crippen molar-refractivity contribution >= 4 is 23.3 Å². The zero-order valence-corrected chi connectivity index (χ0v) is 14.5. The smallest absolute Gasteiger partial charge is 0.321 e. The van der Waals surface area contributed by atoms with Gasteiger partial charge in [-0.2, -0.15) is 0 Å². The van der Waals surface area contributed by atoms with Crippen LogP contribution < -0.4 is 15.4 Å². The van der Waals surface area contributed by atoms with Crippen molar-refractivity contribution in [1.29, 1.82) is 0 Å². The molecule has 0 radical (unpaired) electrons. The SMILES string of the molecule is O=C(COc1ccc(-c2nnco2)cc1)NC(=O)NCCc1cccs1. The molecule has 2 N–H and O–H groups in total. The number of nitrogens with zero attached hydrogens (tertiary/aromatic N) is 2. The lowest BCUT2D eigenvalue weighted by Gasteiger charge is -2.08. The highest BCUT2D eigenvalue weighted by Gasteiger charge is 2.09. The molecular formula is C17H16N4O4S. The molecule has 0 fully saturated rings. The number of urea groups is 1. The van der Waals surface area contributed by atoms with Gasteiger partial charge in [-0.15, -0.1) is 21.5 Å². The van der Waals surface area contributed by atoms with Crippen molar-refractivity contribution in [2.24, 2.45) is 0 Å². The largest absolute Gasteiger partial charge is 0.484 e. The fraction of sp³-hybridized carbons (Fsp3) is 0.176. The quantitative estimate of drug-likeness (QED) is 0.659. The first kappa shape index (κ1) is 17.6. The molecule has 9 heteroatoms. The number of rotatable bonds is 7. The number of benzene rings is 1. The van der Waals surface area contributed by atoms with Crippen LogP contribution in [0.4, 0.5) is 4.79 Å². The van der Waals surface area contributed by atoms with E-state index in [-0.39, 0.29) is 6.61 Å². The van der Waals surface area contributed by atoms with Gasteiger partial charge < -0.3 is 14.5 Å². The number of ether oxygens (including phenoxy) is 1. The highest BCUT2D eigenvalue weighted by Crippen LogP contribution is 2.20. The summed E-state index contributed by atoms with van der Waals surface area (Å²) in [6.07, 6.45) is 1.97. The Morgan fingerprint density at radius 1 is 1.19 bits per heavy atom. The molecule has 3 aromatic rings. The Morgan fingerprint density at radius 2 is 2.04 bits per heavy atom. The average Bonchev–Trinajstić information content (AvgIpc) is 3.34. The third-order valence-electron chi connectivity index (χ3n) is 3.32. The molecule has 2 heterocycles. The van der Waals surface area contributed by atoms with Crippen LogP contribution in [-0.4, -0.2) is 35.3 Å². The van der Waals surface area contributed by atoms with Crippen LogP contribution in [0.5, 0.6) is 5.75 Å². The summed E-state index contributed by atoms with van der Waals surface area (Å²) in [5.41, 5.74) is 0.740. The van der Waals surface area contributed by atoms with Crippen molar-refractivity contribution in [3.8, 4) is 17.2 Å². The predicted molar refractivity (Wildman–Crippen MR) is 94.8 cm³/mol. The Kier molecular flexibility index (Phi) is 5.94. The van der Waals surface area contributed by atoms with E-state index >= 15 is 0 Å². The first-order valence-electron chi connectivity index (χ1n) is 7.80. The van der Waals surface area contributed by atoms with Gasteiger partial charge in [-0.05, 0) is 42.1 Å². The van der Waals surface area contributed by atoms with E-state index in [1.165, 1.54) is 11.3 Å². The number of imide groups is 1. The second kappa shape index (κ2) is 8.77. The van der Waals surface area contributed by atoms with Crippen molar-refractivity contribution in [1.82, 2.24) is 20.8 Å². The predicted octanol–water partition coefficient (Wildman–Crippen LogP) is 2.25. The van der Waals surface area contributed by atoms with Gasteiger partial charge >= 0.3 is 6.03 Å². The molecule has 0 aliphatic carbocycles. The highest BCUT2D eigenvalue weighted by molar-refractivity contribution is 7.09. The minimum absolute atomic E-state index is 0.266. The minimum Gasteiger partial charge on any atom is -0.484 e. The first-order chi connectivity index (χ1) is 12.7. The number of nitrogens with one attached hydrogen (secondary N) is 2. The second-order valence-corrected chi connectivity index (χ2v) is 6.22. The molecule has 0 aliphatic rings. The maximum absolute atomic E-state index is 11.7. The van der Waals surface area contributed by atoms with Gasteiger partial charge in [-0.25, -0.2) is 4.79 Å². The molecule has 0 aliphatic heterocycles. The molecule has 0 saturated heterocycles. The number of thiophene rings is 1. The Bertz CT molecular complexity index is 832. The summed E-state index contributed by atoms with van der Waals surface area (Å²) in [5.74, 6) is 0.356. The highest BCUT2D eigenvalue weighted by atomic mass is 32.1. The first-order valence-corrected chi connectivity index (χ1v) is 8.68. The zero-order valence-electron chi connectivity index (χ0n) is 13.7. The number of aromatic nitrogens is 2. The average molecular weight is 372 g/mol. The number of amides is 3. The summed E-state index contributed by atoms with van der Waals surface area (Å²) in [7, 11) is 0. The van der Waals surface area contributed by atoms with Crippen LogP contribution in [0.1, 0.15) is 4.88 Å². The Balaban J connectivity index is 1.37. The molecule has 3 amide bonds. The summed E-state index contributed by atoms with van der Waals surface area (Å²) in [4.78, 5) is 24.6. The van der Waals surface area contributed by atoms with Gasteiger partial charge in [0.15, 0.2) is 6.61 Å². The number of hydrogen-bond acceptors (Lipinski definition) is 7. The zero-order chi connectivity index (χ0) is 18.2. The van der Waals surface area contributed by atoms with Crippen LogP contribution in [0.3, 0.4) is 0 Å². The molecule has 0 saturated carbocycles. The summed E-state index contributed by atoms with van der Waals surface area (Å²) in [5, 5.41) is 14.2. The molecule has 0 unspecified atom stereocenters. The van der Waals surface area contributed by atoms with Crippen molar-refractivity contribution in [3.63, 3.8) is 0 Å². The normalized spacial score (nSPS) is 10.3. The van der Waals surface area contributed by atoms with Gasteiger partial charge in [0.1, 0.15) is 5.75 Å². The van der Waals surface area contributed by atoms with E-state index < -0.39 is 11.9 Å². The van der Waals surface area contributed by atoms with Crippen LogP contribution in [0.15, 0.2) is 52.6 Å². The summed E-state index contributed by atoms with van der Waals surface area (Å²) in [6, 6.07) is 10.2. The van der Waals surface area contributed by atoms with Gasteiger partial charge in [-0.3, -0.25) is 10.1 Å². The van der Waals surface area contributed by atoms with Crippen LogP contribution >= 0.6 is 11.3 Å². The maximum atomic E-state index is 11.7. The van der Waals surface area contributed by atoms with Crippen molar-refractivity contribution in [3.05, 3.63) is 53.0 Å². The van der Waals surface area contributed by atoms with Crippen LogP contribution in [-0.2, 0) is 11.2 Å². The monoisotopic (exact) mass is 372 g/mol. The molecule has 134 valence electrons. The molecule has 1 aromatic carbocycles. The van der Waals surface area contributed by atoms with Gasteiger partial charge in [0.2, 0.25) is 12.3 Å². The van der Waals surface area contributed by atoms with E-state index in [1.807, 2.05) is 17.5 Å². The van der Waals surface area contributed by atoms with Gasteiger partial charge in [-0.1, -0.05) is 6.07 Å². The minimum atomic E-state index is -0.540. The fourth-order valence-electron chi connectivity index (χ4n) is 2.10. The Morgan fingerprint density at radius 3 is 2.73 bits per heavy atom. The lowest BCUT2D eigenvalue weighted by Crippen LogP contribution is -2.42. The van der Waals surface area contributed by atoms with E-state index in [4.69, 9.17) is 9.15 Å². The molecule has 26 heavy (non-hydrogen) atoms. The van der Waals surface area contributed by atoms with Crippen LogP contribution in [0, 0.1) is 0 Å². The Hall–Kier alpha value is -3.20. The molecule has 0 spiro atoms. The van der Waals surface area contributed by atoms with Gasteiger partial charge in [0, 0.05) is 17.0 Å². The molecule has 0 atom stereocenters. The second-order valence-electron chi connectivity index (χ2n) is 5.19. The summed E-state index contributed by atoms with van der Waals surface area (Å²) in [6.45, 7) is 0.190. The fourth-order valence-corrected chi connectivity index (χ4v) is 2.81. The maximum Gasteiger partial charge on any atom is 0.321 e. The van der Waals surface area contributed by atoms with Crippen LogP contribution in [0.2, 0.25) is 0 Å². The van der Waals surface area contributed by atoms with E-state index in [9.17, 15) is 9.59 Å². The number of carbonyl (C=O) groups is 2. The standard InChI is InChI=1S/C17H16N4O4S/c22-15(20-17(23)18-8-7-14-2-1-9-26-14)10-24-13-5-3-12(4-6-13)16-21-19-11-25-16/h1-6,9,11H,7-8,10H2,(H2,18,20,22,23). The molecule has 2 aromatic heterocycles. The molecule has 8 nitrogen and oxygen atoms in total. The van der Waals surface area contributed by atoms with E-state index in [0.29, 0.717) is 18.2 Å². The molecule has 0 bridgehead atoms. The van der Waals surface area contributed by atoms with Gasteiger partial charge in [0.25, 0.3) is 5.91 Å². The Labute approximate surface area is 153 Å². The van der Waals surface area contributed by atoms with Crippen LogP contribution in [0.25, 0.3) is 11.5 Å². The third kappa shape index (κ3) is 5.15. The van der Waals surface area contributed by atoms with E-state index in [0.717, 1.165) is 12.0 Å². The molecular weight excluding hydrogens is 356 g/mol. The third-order valence-corrected chi connectivity index (χ3v) is 4.26. The van der Waals surface area contributed by atoms with Gasteiger partial charge in [0.05, 0.1) is 0 Å². The van der Waals surface area contributed by atoms with Crippen molar-refractivity contribution in [2.75, 3.05) is 13.2 Å². The topological polar surface area (TPSA) is 106 Å². The summed E-state index contributed by atoms with van der Waals surface area (Å²) < 4.78 is 10.4. The molecule has 3 rings (SSSR count). The lowest BCUT2D eigenvalue weighted by atomic mass is 10.2. The van der Waals surface area contributed by atoms with E-state index in [2.05, 4.69) is 20.8 Å². The van der Waals surface area contributed by atoms with Crippen molar-refractivity contribution < 1.29 is 18.7 Å². The summed E-state index contributed by atoms with van der Waals surface area (Å²) >= 11 is 1.62. The van der Waals surface area contributed by atoms with Crippen molar-refractivity contribution in [2.45, 2.75) is 6.42 Å². The lowest BCUT2D eigenvalue weighted by molar-refractivity contribution is -0.122.